The zero-order chi connectivity index (χ0) is 18.9. The van der Waals surface area contributed by atoms with Crippen molar-refractivity contribution in [3.8, 4) is 0 Å². The van der Waals surface area contributed by atoms with Crippen molar-refractivity contribution in [3.05, 3.63) is 46.2 Å². The first-order valence-corrected chi connectivity index (χ1v) is 10.5. The van der Waals surface area contributed by atoms with Crippen molar-refractivity contribution in [2.24, 2.45) is 0 Å². The molecule has 1 unspecified atom stereocenters. The van der Waals surface area contributed by atoms with Gasteiger partial charge in [-0.15, -0.1) is 11.3 Å². The molecule has 1 aromatic carbocycles. The SMILES string of the molecule is CCC1c2ccsc2CCN1C(=O)Nc1ccc(S(=O)(=O)C(F)F)cc1. The van der Waals surface area contributed by atoms with E-state index in [9.17, 15) is 22.0 Å². The van der Waals surface area contributed by atoms with Crippen molar-refractivity contribution in [2.45, 2.75) is 36.5 Å². The minimum Gasteiger partial charge on any atom is -0.317 e. The Morgan fingerprint density at radius 1 is 1.31 bits per heavy atom. The number of thiophene rings is 1. The summed E-state index contributed by atoms with van der Waals surface area (Å²) in [5.74, 6) is -3.47. The van der Waals surface area contributed by atoms with Crippen molar-refractivity contribution in [1.82, 2.24) is 4.90 Å². The van der Waals surface area contributed by atoms with Gasteiger partial charge in [-0.05, 0) is 54.1 Å². The van der Waals surface area contributed by atoms with Gasteiger partial charge < -0.3 is 10.2 Å². The maximum Gasteiger partial charge on any atom is 0.341 e. The number of rotatable bonds is 4. The smallest absolute Gasteiger partial charge is 0.317 e. The van der Waals surface area contributed by atoms with Crippen molar-refractivity contribution in [3.63, 3.8) is 0 Å². The molecule has 1 atom stereocenters. The number of hydrogen-bond acceptors (Lipinski definition) is 4. The fourth-order valence-corrected chi connectivity index (χ4v) is 4.76. The van der Waals surface area contributed by atoms with Crippen LogP contribution < -0.4 is 5.32 Å². The second-order valence-electron chi connectivity index (χ2n) is 5.93. The van der Waals surface area contributed by atoms with E-state index in [1.807, 2.05) is 18.4 Å². The van der Waals surface area contributed by atoms with Crippen LogP contribution in [-0.4, -0.2) is 31.7 Å². The summed E-state index contributed by atoms with van der Waals surface area (Å²) >= 11 is 1.69. The van der Waals surface area contributed by atoms with Gasteiger partial charge in [-0.2, -0.15) is 8.78 Å². The predicted molar refractivity (Wildman–Crippen MR) is 96.4 cm³/mol. The second kappa shape index (κ2) is 7.32. The zero-order valence-electron chi connectivity index (χ0n) is 14.0. The van der Waals surface area contributed by atoms with Gasteiger partial charge in [0.25, 0.3) is 0 Å². The molecule has 2 amide bonds. The zero-order valence-corrected chi connectivity index (χ0v) is 15.6. The number of anilines is 1. The highest BCUT2D eigenvalue weighted by atomic mass is 32.2. The minimum absolute atomic E-state index is 0.0107. The highest BCUT2D eigenvalue weighted by molar-refractivity contribution is 7.91. The summed E-state index contributed by atoms with van der Waals surface area (Å²) in [7, 11) is -4.64. The summed E-state index contributed by atoms with van der Waals surface area (Å²) in [4.78, 5) is 15.2. The first kappa shape index (κ1) is 18.8. The van der Waals surface area contributed by atoms with Gasteiger partial charge in [0, 0.05) is 17.1 Å². The second-order valence-corrected chi connectivity index (χ2v) is 8.85. The molecule has 5 nitrogen and oxygen atoms in total. The lowest BCUT2D eigenvalue weighted by Crippen LogP contribution is -2.41. The number of nitrogens with one attached hydrogen (secondary N) is 1. The molecule has 0 saturated carbocycles. The van der Waals surface area contributed by atoms with E-state index in [0.717, 1.165) is 30.5 Å². The molecule has 1 aliphatic rings. The average molecular weight is 400 g/mol. The van der Waals surface area contributed by atoms with E-state index < -0.39 is 20.5 Å². The molecule has 26 heavy (non-hydrogen) atoms. The quantitative estimate of drug-likeness (QED) is 0.833. The van der Waals surface area contributed by atoms with Gasteiger partial charge in [-0.3, -0.25) is 0 Å². The lowest BCUT2D eigenvalue weighted by molar-refractivity contribution is 0.181. The monoisotopic (exact) mass is 400 g/mol. The van der Waals surface area contributed by atoms with Crippen LogP contribution in [0.3, 0.4) is 0 Å². The van der Waals surface area contributed by atoms with Gasteiger partial charge >= 0.3 is 11.8 Å². The normalized spacial score (nSPS) is 17.2. The molecule has 0 spiro atoms. The number of nitrogens with zero attached hydrogens (tertiary/aromatic N) is 1. The minimum atomic E-state index is -4.64. The van der Waals surface area contributed by atoms with Gasteiger partial charge in [0.2, 0.25) is 9.84 Å². The van der Waals surface area contributed by atoms with E-state index in [0.29, 0.717) is 12.2 Å². The Morgan fingerprint density at radius 2 is 2.00 bits per heavy atom. The highest BCUT2D eigenvalue weighted by Crippen LogP contribution is 2.35. The van der Waals surface area contributed by atoms with Gasteiger partial charge in [-0.25, -0.2) is 13.2 Å². The topological polar surface area (TPSA) is 66.5 Å². The molecule has 140 valence electrons. The molecular weight excluding hydrogens is 382 g/mol. The predicted octanol–water partition coefficient (Wildman–Crippen LogP) is 4.29. The van der Waals surface area contributed by atoms with Crippen LogP contribution in [0.4, 0.5) is 19.3 Å². The maximum atomic E-state index is 12.6. The van der Waals surface area contributed by atoms with Gasteiger partial charge in [-0.1, -0.05) is 6.92 Å². The van der Waals surface area contributed by atoms with Crippen molar-refractivity contribution < 1.29 is 22.0 Å². The molecule has 0 saturated heterocycles. The average Bonchev–Trinajstić information content (AvgIpc) is 3.09. The third kappa shape index (κ3) is 3.45. The Balaban J connectivity index is 1.74. The van der Waals surface area contributed by atoms with E-state index in [1.165, 1.54) is 17.0 Å². The molecule has 1 N–H and O–H groups in total. The number of urea groups is 1. The van der Waals surface area contributed by atoms with Crippen molar-refractivity contribution in [2.75, 3.05) is 11.9 Å². The molecule has 0 bridgehead atoms. The van der Waals surface area contributed by atoms with Crippen LogP contribution in [0.1, 0.15) is 29.8 Å². The third-order valence-corrected chi connectivity index (χ3v) is 6.81. The largest absolute Gasteiger partial charge is 0.341 e. The molecule has 3 rings (SSSR count). The number of carbonyl (C=O) groups is 1. The van der Waals surface area contributed by atoms with E-state index >= 15 is 0 Å². The van der Waals surface area contributed by atoms with Crippen molar-refractivity contribution >= 4 is 32.9 Å². The molecule has 2 heterocycles. The summed E-state index contributed by atoms with van der Waals surface area (Å²) in [6.07, 6.45) is 1.57. The van der Waals surface area contributed by atoms with E-state index in [4.69, 9.17) is 0 Å². The van der Waals surface area contributed by atoms with Gasteiger partial charge in [0.1, 0.15) is 0 Å². The Labute approximate surface area is 154 Å². The van der Waals surface area contributed by atoms with Gasteiger partial charge in [0.05, 0.1) is 10.9 Å². The van der Waals surface area contributed by atoms with Gasteiger partial charge in [0.15, 0.2) is 0 Å². The summed E-state index contributed by atoms with van der Waals surface area (Å²) in [6.45, 7) is 2.61. The number of benzene rings is 1. The van der Waals surface area contributed by atoms with Crippen LogP contribution >= 0.6 is 11.3 Å². The Morgan fingerprint density at radius 3 is 2.62 bits per heavy atom. The number of sulfone groups is 1. The highest BCUT2D eigenvalue weighted by Gasteiger charge is 2.30. The lowest BCUT2D eigenvalue weighted by Gasteiger charge is -2.35. The third-order valence-electron chi connectivity index (χ3n) is 4.41. The molecular formula is C17H18F2N2O3S2. The van der Waals surface area contributed by atoms with Crippen LogP contribution in [0.2, 0.25) is 0 Å². The molecule has 9 heteroatoms. The Kier molecular flexibility index (Phi) is 5.29. The number of amides is 2. The summed E-state index contributed by atoms with van der Waals surface area (Å²) < 4.78 is 48.0. The lowest BCUT2D eigenvalue weighted by atomic mass is 9.98. The first-order chi connectivity index (χ1) is 12.3. The Hall–Kier alpha value is -2.00. The molecule has 0 radical (unpaired) electrons. The fourth-order valence-electron chi connectivity index (χ4n) is 3.11. The molecule has 0 fully saturated rings. The number of alkyl halides is 2. The van der Waals surface area contributed by atoms with E-state index in [1.54, 1.807) is 16.2 Å². The van der Waals surface area contributed by atoms with Crippen LogP contribution in [0.15, 0.2) is 40.6 Å². The standard InChI is InChI=1S/C17H18F2N2O3S2/c1-2-14-13-8-10-25-15(13)7-9-21(14)17(22)20-11-3-5-12(6-4-11)26(23,24)16(18)19/h3-6,8,10,14,16H,2,7,9H2,1H3,(H,20,22). The van der Waals surface area contributed by atoms with Crippen LogP contribution in [0.5, 0.6) is 0 Å². The summed E-state index contributed by atoms with van der Waals surface area (Å²) in [5, 5.41) is 4.74. The number of carbonyl (C=O) groups excluding carboxylic acids is 1. The summed E-state index contributed by atoms with van der Waals surface area (Å²) in [5.41, 5.74) is 1.52. The Bertz CT molecular complexity index is 895. The molecule has 1 aromatic heterocycles. The molecule has 0 aliphatic carbocycles. The fraction of sp³-hybridized carbons (Fsp3) is 0.353. The van der Waals surface area contributed by atoms with Crippen molar-refractivity contribution in [1.29, 1.82) is 0 Å². The summed E-state index contributed by atoms with van der Waals surface area (Å²) in [6, 6.07) is 6.50. The maximum absolute atomic E-state index is 12.6. The van der Waals surface area contributed by atoms with E-state index in [-0.39, 0.29) is 12.1 Å². The number of halogens is 2. The van der Waals surface area contributed by atoms with E-state index in [2.05, 4.69) is 5.32 Å². The van der Waals surface area contributed by atoms with Crippen LogP contribution in [0.25, 0.3) is 0 Å². The number of hydrogen-bond donors (Lipinski definition) is 1. The molecule has 2 aromatic rings. The van der Waals surface area contributed by atoms with Crippen LogP contribution in [-0.2, 0) is 16.3 Å². The number of fused-ring (bicyclic) bond motifs is 1. The van der Waals surface area contributed by atoms with Crippen LogP contribution in [0, 0.1) is 0 Å². The molecule has 1 aliphatic heterocycles. The first-order valence-electron chi connectivity index (χ1n) is 8.10.